The Morgan fingerprint density at radius 3 is 2.04 bits per heavy atom. The molecule has 0 saturated carbocycles. The zero-order valence-corrected chi connectivity index (χ0v) is 17.0. The van der Waals surface area contributed by atoms with Gasteiger partial charge in [-0.05, 0) is 49.3 Å². The first-order chi connectivity index (χ1) is 13.4. The molecule has 0 aliphatic rings. The summed E-state index contributed by atoms with van der Waals surface area (Å²) < 4.78 is 0. The minimum Gasteiger partial charge on any atom is -0.378 e. The number of carbonyl (C=O) groups is 1. The molecule has 1 amide bonds. The van der Waals surface area contributed by atoms with Crippen LogP contribution in [-0.2, 0) is 6.42 Å². The van der Waals surface area contributed by atoms with Gasteiger partial charge in [-0.2, -0.15) is 0 Å². The van der Waals surface area contributed by atoms with Crippen LogP contribution >= 0.6 is 0 Å². The second-order valence-corrected chi connectivity index (χ2v) is 7.45. The van der Waals surface area contributed by atoms with E-state index in [1.54, 1.807) is 0 Å². The van der Waals surface area contributed by atoms with Crippen molar-refractivity contribution in [2.75, 3.05) is 39.6 Å². The Morgan fingerprint density at radius 1 is 0.893 bits per heavy atom. The number of H-pyrrole nitrogens is 1. The van der Waals surface area contributed by atoms with Crippen LogP contribution in [-0.4, -0.2) is 50.5 Å². The molecule has 3 N–H and O–H groups in total. The third-order valence-corrected chi connectivity index (χ3v) is 4.89. The first-order valence-corrected chi connectivity index (χ1v) is 9.41. The van der Waals surface area contributed by atoms with Crippen LogP contribution in [0.4, 0.5) is 5.69 Å². The Balaban J connectivity index is 2.18. The van der Waals surface area contributed by atoms with E-state index in [-0.39, 0.29) is 0 Å². The normalized spacial score (nSPS) is 11.0. The fourth-order valence-electron chi connectivity index (χ4n) is 3.39. The lowest BCUT2D eigenvalue weighted by Crippen LogP contribution is -2.18. The fraction of sp³-hybridized carbons (Fsp3) is 0.261. The van der Waals surface area contributed by atoms with E-state index in [1.807, 2.05) is 58.5 Å². The number of carbonyl (C=O) groups excluding carboxylic acids is 1. The van der Waals surface area contributed by atoms with E-state index in [9.17, 15) is 4.79 Å². The standard InChI is InChI=1S/C23H28N4O/c1-26(2)15-14-19-20(23(24)28)22(16-8-6-5-7-9-16)25-21(19)17-10-12-18(13-11-17)27(3)4/h5-13,25H,14-15H2,1-4H3,(H2,24,28). The number of nitrogens with one attached hydrogen (secondary N) is 1. The van der Waals surface area contributed by atoms with Gasteiger partial charge in [0.1, 0.15) is 0 Å². The summed E-state index contributed by atoms with van der Waals surface area (Å²) in [7, 11) is 8.09. The number of primary amides is 1. The first-order valence-electron chi connectivity index (χ1n) is 9.41. The van der Waals surface area contributed by atoms with Gasteiger partial charge in [0.25, 0.3) is 5.91 Å². The van der Waals surface area contributed by atoms with Crippen molar-refractivity contribution in [1.29, 1.82) is 0 Å². The zero-order chi connectivity index (χ0) is 20.3. The van der Waals surface area contributed by atoms with Crippen molar-refractivity contribution in [3.05, 3.63) is 65.7 Å². The van der Waals surface area contributed by atoms with Crippen LogP contribution in [0.1, 0.15) is 15.9 Å². The summed E-state index contributed by atoms with van der Waals surface area (Å²) in [5.74, 6) is -0.403. The van der Waals surface area contributed by atoms with Gasteiger partial charge in [0.2, 0.25) is 0 Å². The molecule has 28 heavy (non-hydrogen) atoms. The van der Waals surface area contributed by atoms with Crippen LogP contribution in [0.15, 0.2) is 54.6 Å². The van der Waals surface area contributed by atoms with Crippen molar-refractivity contribution < 1.29 is 4.79 Å². The van der Waals surface area contributed by atoms with Crippen molar-refractivity contribution in [2.24, 2.45) is 5.73 Å². The van der Waals surface area contributed by atoms with E-state index in [0.717, 1.165) is 46.7 Å². The first kappa shape index (κ1) is 19.7. The number of hydrogen-bond donors (Lipinski definition) is 2. The number of aromatic amines is 1. The number of anilines is 1. The lowest BCUT2D eigenvalue weighted by atomic mass is 9.98. The predicted molar refractivity (Wildman–Crippen MR) is 117 cm³/mol. The lowest BCUT2D eigenvalue weighted by molar-refractivity contribution is 0.1000. The minimum absolute atomic E-state index is 0.403. The summed E-state index contributed by atoms with van der Waals surface area (Å²) in [4.78, 5) is 20.1. The monoisotopic (exact) mass is 376 g/mol. The van der Waals surface area contributed by atoms with E-state index < -0.39 is 5.91 Å². The van der Waals surface area contributed by atoms with E-state index in [4.69, 9.17) is 5.73 Å². The number of benzene rings is 2. The molecule has 146 valence electrons. The summed E-state index contributed by atoms with van der Waals surface area (Å²) in [6.45, 7) is 0.829. The molecule has 0 radical (unpaired) electrons. The molecule has 3 rings (SSSR count). The highest BCUT2D eigenvalue weighted by atomic mass is 16.1. The summed E-state index contributed by atoms with van der Waals surface area (Å²) in [6, 6.07) is 18.2. The predicted octanol–water partition coefficient (Wildman–Crippen LogP) is 3.62. The minimum atomic E-state index is -0.403. The SMILES string of the molecule is CN(C)CCc1c(-c2ccc(N(C)C)cc2)[nH]c(-c2ccccc2)c1C(N)=O. The molecular weight excluding hydrogens is 348 g/mol. The summed E-state index contributed by atoms with van der Waals surface area (Å²) >= 11 is 0. The summed E-state index contributed by atoms with van der Waals surface area (Å²) in [5.41, 5.74) is 12.3. The molecule has 5 nitrogen and oxygen atoms in total. The van der Waals surface area contributed by atoms with E-state index >= 15 is 0 Å². The molecular formula is C23H28N4O. The highest BCUT2D eigenvalue weighted by Crippen LogP contribution is 2.34. The second kappa shape index (κ2) is 8.31. The number of hydrogen-bond acceptors (Lipinski definition) is 3. The van der Waals surface area contributed by atoms with Crippen molar-refractivity contribution in [2.45, 2.75) is 6.42 Å². The number of likely N-dealkylation sites (N-methyl/N-ethyl adjacent to an activating group) is 1. The van der Waals surface area contributed by atoms with Crippen molar-refractivity contribution >= 4 is 11.6 Å². The third-order valence-electron chi connectivity index (χ3n) is 4.89. The zero-order valence-electron chi connectivity index (χ0n) is 17.0. The molecule has 3 aromatic rings. The van der Waals surface area contributed by atoms with E-state index in [2.05, 4.69) is 39.0 Å². The maximum absolute atomic E-state index is 12.4. The Kier molecular flexibility index (Phi) is 5.85. The Morgan fingerprint density at radius 2 is 1.50 bits per heavy atom. The van der Waals surface area contributed by atoms with Gasteiger partial charge in [-0.15, -0.1) is 0 Å². The second-order valence-electron chi connectivity index (χ2n) is 7.45. The number of rotatable bonds is 7. The van der Waals surface area contributed by atoms with Crippen LogP contribution in [0.5, 0.6) is 0 Å². The quantitative estimate of drug-likeness (QED) is 0.662. The van der Waals surface area contributed by atoms with Gasteiger partial charge in [0.15, 0.2) is 0 Å². The van der Waals surface area contributed by atoms with Crippen molar-refractivity contribution in [1.82, 2.24) is 9.88 Å². The Labute approximate surface area is 166 Å². The third kappa shape index (κ3) is 4.10. The van der Waals surface area contributed by atoms with Gasteiger partial charge in [0.05, 0.1) is 11.3 Å². The van der Waals surface area contributed by atoms with Gasteiger partial charge in [-0.25, -0.2) is 0 Å². The molecule has 0 unspecified atom stereocenters. The van der Waals surface area contributed by atoms with Crippen LogP contribution in [0.3, 0.4) is 0 Å². The van der Waals surface area contributed by atoms with Crippen LogP contribution in [0.2, 0.25) is 0 Å². The molecule has 0 aliphatic carbocycles. The van der Waals surface area contributed by atoms with Gasteiger partial charge in [0, 0.05) is 32.0 Å². The molecule has 0 saturated heterocycles. The average Bonchev–Trinajstić information content (AvgIpc) is 3.07. The maximum atomic E-state index is 12.4. The fourth-order valence-corrected chi connectivity index (χ4v) is 3.39. The number of aromatic nitrogens is 1. The van der Waals surface area contributed by atoms with Crippen molar-refractivity contribution in [3.63, 3.8) is 0 Å². The molecule has 1 heterocycles. The summed E-state index contributed by atoms with van der Waals surface area (Å²) in [5, 5.41) is 0. The van der Waals surface area contributed by atoms with E-state index in [0.29, 0.717) is 5.56 Å². The Bertz CT molecular complexity index is 941. The molecule has 0 fully saturated rings. The van der Waals surface area contributed by atoms with Crippen LogP contribution in [0.25, 0.3) is 22.5 Å². The smallest absolute Gasteiger partial charge is 0.251 e. The highest BCUT2D eigenvalue weighted by Gasteiger charge is 2.23. The van der Waals surface area contributed by atoms with Crippen molar-refractivity contribution in [3.8, 4) is 22.5 Å². The molecule has 0 bridgehead atoms. The molecule has 0 spiro atoms. The Hall–Kier alpha value is -3.05. The number of nitrogens with two attached hydrogens (primary N) is 1. The highest BCUT2D eigenvalue weighted by molar-refractivity contribution is 6.03. The van der Waals surface area contributed by atoms with Crippen LogP contribution in [0, 0.1) is 0 Å². The van der Waals surface area contributed by atoms with E-state index in [1.165, 1.54) is 0 Å². The van der Waals surface area contributed by atoms with Gasteiger partial charge in [-0.3, -0.25) is 4.79 Å². The molecule has 0 aliphatic heterocycles. The molecule has 2 aromatic carbocycles. The molecule has 1 aromatic heterocycles. The average molecular weight is 377 g/mol. The largest absolute Gasteiger partial charge is 0.378 e. The lowest BCUT2D eigenvalue weighted by Gasteiger charge is -2.14. The van der Waals surface area contributed by atoms with Gasteiger partial charge < -0.3 is 20.5 Å². The topological polar surface area (TPSA) is 65.4 Å². The number of nitrogens with zero attached hydrogens (tertiary/aromatic N) is 2. The van der Waals surface area contributed by atoms with Gasteiger partial charge in [-0.1, -0.05) is 42.5 Å². The number of amides is 1. The maximum Gasteiger partial charge on any atom is 0.251 e. The molecule has 5 heteroatoms. The molecule has 0 atom stereocenters. The summed E-state index contributed by atoms with van der Waals surface area (Å²) in [6.07, 6.45) is 0.735. The van der Waals surface area contributed by atoms with Gasteiger partial charge >= 0.3 is 0 Å². The van der Waals surface area contributed by atoms with Crippen LogP contribution < -0.4 is 10.6 Å².